The van der Waals surface area contributed by atoms with E-state index < -0.39 is 5.76 Å². The van der Waals surface area contributed by atoms with Crippen molar-refractivity contribution >= 4 is 16.8 Å². The zero-order chi connectivity index (χ0) is 14.1. The van der Waals surface area contributed by atoms with Crippen LogP contribution < -0.4 is 11.5 Å². The van der Waals surface area contributed by atoms with Gasteiger partial charge in [0.1, 0.15) is 5.52 Å². The second-order valence-corrected chi connectivity index (χ2v) is 4.46. The minimum atomic E-state index is -0.458. The summed E-state index contributed by atoms with van der Waals surface area (Å²) in [6.07, 6.45) is 0. The highest BCUT2D eigenvalue weighted by molar-refractivity contribution is 5.85. The van der Waals surface area contributed by atoms with Gasteiger partial charge in [-0.1, -0.05) is 18.2 Å². The molecule has 98 valence electrons. The van der Waals surface area contributed by atoms with Gasteiger partial charge >= 0.3 is 5.76 Å². The first-order valence-electron chi connectivity index (χ1n) is 6.06. The van der Waals surface area contributed by atoms with E-state index in [1.54, 1.807) is 36.4 Å². The summed E-state index contributed by atoms with van der Waals surface area (Å²) in [5.74, 6) is -0.458. The predicted molar refractivity (Wildman–Crippen MR) is 75.1 cm³/mol. The lowest BCUT2D eigenvalue weighted by molar-refractivity contribution is 0.517. The topological polar surface area (TPSA) is 85.0 Å². The Labute approximate surface area is 114 Å². The molecule has 0 aliphatic rings. The number of nitrogens with zero attached hydrogens (tertiary/aromatic N) is 2. The minimum absolute atomic E-state index is 0.315. The van der Waals surface area contributed by atoms with Crippen LogP contribution in [0.2, 0.25) is 0 Å². The smallest absolute Gasteiger partial charge is 0.408 e. The summed E-state index contributed by atoms with van der Waals surface area (Å²) in [6.45, 7) is 0.315. The van der Waals surface area contributed by atoms with Gasteiger partial charge in [-0.05, 0) is 29.8 Å². The Hall–Kier alpha value is -3.00. The van der Waals surface area contributed by atoms with E-state index in [0.717, 1.165) is 5.56 Å². The number of hydrogen-bond donors (Lipinski definition) is 1. The van der Waals surface area contributed by atoms with E-state index in [1.165, 1.54) is 4.57 Å². The summed E-state index contributed by atoms with van der Waals surface area (Å²) < 4.78 is 6.64. The Morgan fingerprint density at radius 3 is 2.85 bits per heavy atom. The highest BCUT2D eigenvalue weighted by atomic mass is 16.4. The average Bonchev–Trinajstić information content (AvgIpc) is 2.77. The molecule has 3 aromatic rings. The van der Waals surface area contributed by atoms with Gasteiger partial charge in [0.2, 0.25) is 0 Å². The molecule has 20 heavy (non-hydrogen) atoms. The van der Waals surface area contributed by atoms with Gasteiger partial charge in [-0.2, -0.15) is 5.26 Å². The number of hydrogen-bond acceptors (Lipinski definition) is 4. The Morgan fingerprint density at radius 2 is 2.05 bits per heavy atom. The van der Waals surface area contributed by atoms with Gasteiger partial charge in [0.25, 0.3) is 0 Å². The fraction of sp³-hybridized carbons (Fsp3) is 0.0667. The summed E-state index contributed by atoms with van der Waals surface area (Å²) >= 11 is 0. The molecule has 0 spiro atoms. The van der Waals surface area contributed by atoms with Crippen molar-refractivity contribution in [3.63, 3.8) is 0 Å². The number of aromatic nitrogens is 1. The van der Waals surface area contributed by atoms with E-state index in [0.29, 0.717) is 28.9 Å². The molecule has 5 heteroatoms. The molecule has 0 amide bonds. The van der Waals surface area contributed by atoms with Crippen LogP contribution in [0.25, 0.3) is 11.1 Å². The van der Waals surface area contributed by atoms with Crippen molar-refractivity contribution in [1.29, 1.82) is 5.26 Å². The third-order valence-electron chi connectivity index (χ3n) is 3.11. The first kappa shape index (κ1) is 12.1. The maximum Gasteiger partial charge on any atom is 0.420 e. The molecule has 0 unspecified atom stereocenters. The predicted octanol–water partition coefficient (Wildman–Crippen LogP) is 2.10. The minimum Gasteiger partial charge on any atom is -0.408 e. The second kappa shape index (κ2) is 4.59. The molecule has 1 aromatic heterocycles. The van der Waals surface area contributed by atoms with Crippen LogP contribution >= 0.6 is 0 Å². The van der Waals surface area contributed by atoms with Crippen molar-refractivity contribution < 1.29 is 4.42 Å². The molecular formula is C15H11N3O2. The van der Waals surface area contributed by atoms with Crippen LogP contribution in [0.4, 0.5) is 5.69 Å². The zero-order valence-corrected chi connectivity index (χ0v) is 10.5. The van der Waals surface area contributed by atoms with Crippen molar-refractivity contribution in [3.8, 4) is 6.07 Å². The molecule has 0 atom stereocenters. The maximum atomic E-state index is 11.9. The summed E-state index contributed by atoms with van der Waals surface area (Å²) in [5.41, 5.74) is 8.84. The van der Waals surface area contributed by atoms with Gasteiger partial charge in [0.15, 0.2) is 5.58 Å². The van der Waals surface area contributed by atoms with Crippen LogP contribution in [-0.4, -0.2) is 4.57 Å². The highest BCUT2D eigenvalue weighted by Gasteiger charge is 2.12. The molecule has 3 rings (SSSR count). The van der Waals surface area contributed by atoms with Gasteiger partial charge in [0.05, 0.1) is 23.9 Å². The van der Waals surface area contributed by atoms with Crippen molar-refractivity contribution in [2.45, 2.75) is 6.54 Å². The molecule has 0 bridgehead atoms. The van der Waals surface area contributed by atoms with Crippen LogP contribution in [0.3, 0.4) is 0 Å². The Bertz CT molecular complexity index is 884. The number of para-hydroxylation sites is 1. The standard InChI is InChI=1S/C15H11N3O2/c16-8-10-3-1-4-11(7-10)9-18-14-12(17)5-2-6-13(14)20-15(18)19/h1-7H,9,17H2. The lowest BCUT2D eigenvalue weighted by Crippen LogP contribution is -2.15. The number of oxazole rings is 1. The van der Waals surface area contributed by atoms with Crippen LogP contribution in [0.5, 0.6) is 0 Å². The first-order chi connectivity index (χ1) is 9.69. The Morgan fingerprint density at radius 1 is 1.25 bits per heavy atom. The molecule has 2 N–H and O–H groups in total. The maximum absolute atomic E-state index is 11.9. The van der Waals surface area contributed by atoms with Crippen LogP contribution in [0.15, 0.2) is 51.7 Å². The monoisotopic (exact) mass is 265 g/mol. The van der Waals surface area contributed by atoms with E-state index in [2.05, 4.69) is 6.07 Å². The fourth-order valence-corrected chi connectivity index (χ4v) is 2.22. The zero-order valence-electron chi connectivity index (χ0n) is 10.5. The van der Waals surface area contributed by atoms with Crippen molar-refractivity contribution in [3.05, 3.63) is 64.1 Å². The quantitative estimate of drug-likeness (QED) is 0.719. The second-order valence-electron chi connectivity index (χ2n) is 4.46. The average molecular weight is 265 g/mol. The van der Waals surface area contributed by atoms with Crippen LogP contribution in [0.1, 0.15) is 11.1 Å². The summed E-state index contributed by atoms with van der Waals surface area (Å²) in [7, 11) is 0. The number of nitriles is 1. The number of benzene rings is 2. The normalized spacial score (nSPS) is 10.6. The number of nitrogen functional groups attached to an aromatic ring is 1. The fourth-order valence-electron chi connectivity index (χ4n) is 2.22. The summed E-state index contributed by atoms with van der Waals surface area (Å²) in [6, 6.07) is 14.3. The molecule has 0 aliphatic carbocycles. The third kappa shape index (κ3) is 1.93. The van der Waals surface area contributed by atoms with Crippen molar-refractivity contribution in [2.75, 3.05) is 5.73 Å². The van der Waals surface area contributed by atoms with E-state index in [1.807, 2.05) is 6.07 Å². The molecule has 0 fully saturated rings. The van der Waals surface area contributed by atoms with Crippen LogP contribution in [-0.2, 0) is 6.54 Å². The van der Waals surface area contributed by atoms with Crippen molar-refractivity contribution in [2.24, 2.45) is 0 Å². The molecule has 0 aliphatic heterocycles. The summed E-state index contributed by atoms with van der Waals surface area (Å²) in [5, 5.41) is 8.90. The molecule has 0 saturated carbocycles. The van der Waals surface area contributed by atoms with Gasteiger partial charge in [0, 0.05) is 0 Å². The molecule has 1 heterocycles. The largest absolute Gasteiger partial charge is 0.420 e. The first-order valence-corrected chi connectivity index (χ1v) is 6.06. The van der Waals surface area contributed by atoms with E-state index in [9.17, 15) is 4.79 Å². The molecule has 0 saturated heterocycles. The third-order valence-corrected chi connectivity index (χ3v) is 3.11. The Kier molecular flexibility index (Phi) is 2.77. The Balaban J connectivity index is 2.13. The van der Waals surface area contributed by atoms with E-state index in [4.69, 9.17) is 15.4 Å². The molecule has 2 aromatic carbocycles. The number of rotatable bonds is 2. The van der Waals surface area contributed by atoms with Gasteiger partial charge < -0.3 is 10.2 Å². The lowest BCUT2D eigenvalue weighted by Gasteiger charge is -2.04. The summed E-state index contributed by atoms with van der Waals surface area (Å²) in [4.78, 5) is 11.9. The number of fused-ring (bicyclic) bond motifs is 1. The number of nitrogens with two attached hydrogens (primary N) is 1. The molecular weight excluding hydrogens is 254 g/mol. The van der Waals surface area contributed by atoms with Gasteiger partial charge in [-0.25, -0.2) is 4.79 Å². The van der Waals surface area contributed by atoms with Crippen LogP contribution in [0, 0.1) is 11.3 Å². The van der Waals surface area contributed by atoms with E-state index >= 15 is 0 Å². The van der Waals surface area contributed by atoms with Crippen molar-refractivity contribution in [1.82, 2.24) is 4.57 Å². The van der Waals surface area contributed by atoms with Gasteiger partial charge in [-0.3, -0.25) is 4.57 Å². The van der Waals surface area contributed by atoms with E-state index in [-0.39, 0.29) is 0 Å². The highest BCUT2D eigenvalue weighted by Crippen LogP contribution is 2.20. The molecule has 0 radical (unpaired) electrons. The molecule has 5 nitrogen and oxygen atoms in total. The SMILES string of the molecule is N#Cc1cccc(Cn2c(=O)oc3cccc(N)c32)c1. The number of anilines is 1. The lowest BCUT2D eigenvalue weighted by atomic mass is 10.1. The van der Waals surface area contributed by atoms with Gasteiger partial charge in [-0.15, -0.1) is 0 Å².